The molecule has 0 aliphatic heterocycles. The predicted octanol–water partition coefficient (Wildman–Crippen LogP) is 2.05. The van der Waals surface area contributed by atoms with Crippen molar-refractivity contribution in [1.82, 2.24) is 10.6 Å². The number of carboxylic acid groups (broad SMARTS) is 1. The summed E-state index contributed by atoms with van der Waals surface area (Å²) in [6.07, 6.45) is 4.20. The third-order valence-corrected chi connectivity index (χ3v) is 4.91. The molecule has 2 amide bonds. The Hall–Kier alpha value is -2.37. The van der Waals surface area contributed by atoms with E-state index in [-0.39, 0.29) is 24.3 Å². The van der Waals surface area contributed by atoms with Gasteiger partial charge in [-0.05, 0) is 38.7 Å². The number of carboxylic acids is 1. The van der Waals surface area contributed by atoms with E-state index in [9.17, 15) is 19.5 Å². The highest BCUT2D eigenvalue weighted by molar-refractivity contribution is 5.88. The molecule has 1 aromatic rings. The Morgan fingerprint density at radius 1 is 1.23 bits per heavy atom. The molecule has 6 nitrogen and oxygen atoms in total. The summed E-state index contributed by atoms with van der Waals surface area (Å²) in [7, 11) is 0. The molecule has 0 spiro atoms. The van der Waals surface area contributed by atoms with Crippen LogP contribution in [0, 0.1) is 18.8 Å². The van der Waals surface area contributed by atoms with E-state index in [1.54, 1.807) is 6.92 Å². The molecule has 1 fully saturated rings. The Kier molecular flexibility index (Phi) is 7.18. The molecule has 0 radical (unpaired) electrons. The normalized spacial score (nSPS) is 16.7. The lowest BCUT2D eigenvalue weighted by atomic mass is 9.98. The second kappa shape index (κ2) is 9.36. The Bertz CT molecular complexity index is 653. The van der Waals surface area contributed by atoms with Crippen LogP contribution in [0.2, 0.25) is 0 Å². The van der Waals surface area contributed by atoms with Crippen LogP contribution in [-0.2, 0) is 20.8 Å². The lowest BCUT2D eigenvalue weighted by molar-refractivity contribution is -0.141. The van der Waals surface area contributed by atoms with Gasteiger partial charge in [-0.2, -0.15) is 0 Å². The fourth-order valence-electron chi connectivity index (χ4n) is 3.33. The zero-order valence-electron chi connectivity index (χ0n) is 15.5. The van der Waals surface area contributed by atoms with Crippen LogP contribution in [-0.4, -0.2) is 35.5 Å². The van der Waals surface area contributed by atoms with Crippen LogP contribution in [0.15, 0.2) is 24.3 Å². The quantitative estimate of drug-likeness (QED) is 0.661. The first-order valence-corrected chi connectivity index (χ1v) is 9.23. The van der Waals surface area contributed by atoms with Gasteiger partial charge in [-0.3, -0.25) is 14.4 Å². The monoisotopic (exact) mass is 360 g/mol. The zero-order valence-corrected chi connectivity index (χ0v) is 15.5. The molecule has 2 unspecified atom stereocenters. The van der Waals surface area contributed by atoms with Crippen molar-refractivity contribution in [2.45, 2.75) is 52.0 Å². The van der Waals surface area contributed by atoms with E-state index in [2.05, 4.69) is 10.6 Å². The van der Waals surface area contributed by atoms with E-state index in [1.165, 1.54) is 0 Å². The van der Waals surface area contributed by atoms with Crippen LogP contribution < -0.4 is 10.6 Å². The molecule has 0 bridgehead atoms. The maximum Gasteiger partial charge on any atom is 0.308 e. The summed E-state index contributed by atoms with van der Waals surface area (Å²) in [6.45, 7) is 3.61. The molecule has 1 aromatic carbocycles. The minimum Gasteiger partial charge on any atom is -0.481 e. The molecule has 1 saturated carbocycles. The van der Waals surface area contributed by atoms with E-state index in [0.29, 0.717) is 6.42 Å². The number of hydrogen-bond acceptors (Lipinski definition) is 3. The first-order valence-electron chi connectivity index (χ1n) is 9.23. The average Bonchev–Trinajstić information content (AvgIpc) is 3.12. The molecule has 26 heavy (non-hydrogen) atoms. The van der Waals surface area contributed by atoms with Gasteiger partial charge in [0.05, 0.1) is 5.92 Å². The van der Waals surface area contributed by atoms with E-state index in [1.807, 2.05) is 31.2 Å². The van der Waals surface area contributed by atoms with Crippen LogP contribution in [0.1, 0.15) is 43.7 Å². The van der Waals surface area contributed by atoms with Crippen LogP contribution in [0.25, 0.3) is 0 Å². The highest BCUT2D eigenvalue weighted by Crippen LogP contribution is 2.24. The molecule has 2 rings (SSSR count). The third-order valence-electron chi connectivity index (χ3n) is 4.91. The molecule has 2 atom stereocenters. The summed E-state index contributed by atoms with van der Waals surface area (Å²) in [5.41, 5.74) is 1.99. The van der Waals surface area contributed by atoms with Crippen molar-refractivity contribution in [1.29, 1.82) is 0 Å². The van der Waals surface area contributed by atoms with Gasteiger partial charge in [0.25, 0.3) is 0 Å². The first-order chi connectivity index (χ1) is 12.4. The molecule has 6 heteroatoms. The van der Waals surface area contributed by atoms with E-state index in [0.717, 1.165) is 36.8 Å². The summed E-state index contributed by atoms with van der Waals surface area (Å²) in [5.74, 6) is -2.10. The minimum atomic E-state index is -0.950. The van der Waals surface area contributed by atoms with Gasteiger partial charge in [0.15, 0.2) is 0 Å². The molecule has 0 aromatic heterocycles. The molecule has 1 aliphatic carbocycles. The zero-order chi connectivity index (χ0) is 19.1. The lowest BCUT2D eigenvalue weighted by Gasteiger charge is -2.19. The third kappa shape index (κ3) is 5.86. The van der Waals surface area contributed by atoms with Crippen molar-refractivity contribution < 1.29 is 19.5 Å². The summed E-state index contributed by atoms with van der Waals surface area (Å²) in [6, 6.07) is 7.01. The number of hydrogen-bond donors (Lipinski definition) is 3. The molecular formula is C20H28N2O4. The van der Waals surface area contributed by atoms with Gasteiger partial charge >= 0.3 is 5.97 Å². The van der Waals surface area contributed by atoms with Crippen LogP contribution in [0.3, 0.4) is 0 Å². The largest absolute Gasteiger partial charge is 0.481 e. The van der Waals surface area contributed by atoms with Gasteiger partial charge in [-0.15, -0.1) is 0 Å². The van der Waals surface area contributed by atoms with Gasteiger partial charge in [-0.1, -0.05) is 42.7 Å². The van der Waals surface area contributed by atoms with E-state index in [4.69, 9.17) is 0 Å². The number of carbonyl (C=O) groups excluding carboxylic acids is 2. The van der Waals surface area contributed by atoms with Gasteiger partial charge < -0.3 is 15.7 Å². The SMILES string of the molecule is Cc1cccc(CC(CNC(=O)C(C)NC(=O)C2CCCC2)C(=O)O)c1. The Labute approximate surface area is 154 Å². The summed E-state index contributed by atoms with van der Waals surface area (Å²) in [5, 5.41) is 14.8. The maximum atomic E-state index is 12.2. The summed E-state index contributed by atoms with van der Waals surface area (Å²) >= 11 is 0. The fraction of sp³-hybridized carbons (Fsp3) is 0.550. The number of benzene rings is 1. The topological polar surface area (TPSA) is 95.5 Å². The molecular weight excluding hydrogens is 332 g/mol. The van der Waals surface area contributed by atoms with Crippen LogP contribution in [0.5, 0.6) is 0 Å². The summed E-state index contributed by atoms with van der Waals surface area (Å²) in [4.78, 5) is 35.8. The number of carbonyl (C=O) groups is 3. The average molecular weight is 360 g/mol. The molecule has 3 N–H and O–H groups in total. The van der Waals surface area contributed by atoms with Crippen LogP contribution in [0.4, 0.5) is 0 Å². The van der Waals surface area contributed by atoms with Crippen molar-refractivity contribution in [2.24, 2.45) is 11.8 Å². The number of rotatable bonds is 8. The second-order valence-corrected chi connectivity index (χ2v) is 7.19. The summed E-state index contributed by atoms with van der Waals surface area (Å²) < 4.78 is 0. The highest BCUT2D eigenvalue weighted by Gasteiger charge is 2.26. The van der Waals surface area contributed by atoms with Gasteiger partial charge in [0.1, 0.15) is 6.04 Å². The number of aryl methyl sites for hydroxylation is 1. The predicted molar refractivity (Wildman–Crippen MR) is 98.6 cm³/mol. The van der Waals surface area contributed by atoms with E-state index >= 15 is 0 Å². The second-order valence-electron chi connectivity index (χ2n) is 7.19. The highest BCUT2D eigenvalue weighted by atomic mass is 16.4. The lowest BCUT2D eigenvalue weighted by Crippen LogP contribution is -2.48. The van der Waals surface area contributed by atoms with Crippen molar-refractivity contribution >= 4 is 17.8 Å². The smallest absolute Gasteiger partial charge is 0.308 e. The minimum absolute atomic E-state index is 0.00154. The van der Waals surface area contributed by atoms with Crippen molar-refractivity contribution in [3.63, 3.8) is 0 Å². The number of nitrogens with one attached hydrogen (secondary N) is 2. The van der Waals surface area contributed by atoms with Gasteiger partial charge in [0, 0.05) is 12.5 Å². The molecule has 0 heterocycles. The van der Waals surface area contributed by atoms with Crippen molar-refractivity contribution in [3.8, 4) is 0 Å². The Morgan fingerprint density at radius 2 is 1.92 bits per heavy atom. The number of amides is 2. The maximum absolute atomic E-state index is 12.2. The van der Waals surface area contributed by atoms with Crippen molar-refractivity contribution in [2.75, 3.05) is 6.54 Å². The van der Waals surface area contributed by atoms with E-state index < -0.39 is 17.9 Å². The Morgan fingerprint density at radius 3 is 2.54 bits per heavy atom. The molecule has 1 aliphatic rings. The first kappa shape index (κ1) is 19.9. The standard InChI is InChI=1S/C20H28N2O4/c1-13-6-5-7-15(10-13)11-17(20(25)26)12-21-18(23)14(2)22-19(24)16-8-3-4-9-16/h5-7,10,14,16-17H,3-4,8-9,11-12H2,1-2H3,(H,21,23)(H,22,24)(H,25,26). The van der Waals surface area contributed by atoms with Gasteiger partial charge in [-0.25, -0.2) is 0 Å². The molecule has 142 valence electrons. The molecule has 0 saturated heterocycles. The van der Waals surface area contributed by atoms with Crippen molar-refractivity contribution in [3.05, 3.63) is 35.4 Å². The fourth-order valence-corrected chi connectivity index (χ4v) is 3.33. The van der Waals surface area contributed by atoms with Gasteiger partial charge in [0.2, 0.25) is 11.8 Å². The Balaban J connectivity index is 1.84. The number of aliphatic carboxylic acids is 1. The van der Waals surface area contributed by atoms with Crippen LogP contribution >= 0.6 is 0 Å².